The molecule has 3 aromatic carbocycles. The fraction of sp³-hybridized carbons (Fsp3) is 0.200. The van der Waals surface area contributed by atoms with Gasteiger partial charge in [-0.2, -0.15) is 0 Å². The van der Waals surface area contributed by atoms with Gasteiger partial charge < -0.3 is 24.1 Å². The molecule has 180 valence electrons. The molecule has 0 saturated carbocycles. The zero-order valence-electron chi connectivity index (χ0n) is 19.6. The molecule has 2 N–H and O–H groups in total. The summed E-state index contributed by atoms with van der Waals surface area (Å²) in [4.78, 5) is 0.0862. The van der Waals surface area contributed by atoms with Crippen molar-refractivity contribution in [3.05, 3.63) is 65.2 Å². The van der Waals surface area contributed by atoms with Crippen molar-refractivity contribution in [2.24, 2.45) is 0 Å². The lowest BCUT2D eigenvalue weighted by Gasteiger charge is -2.16. The Bertz CT molecular complexity index is 1270. The third kappa shape index (κ3) is 5.20. The first-order chi connectivity index (χ1) is 16.2. The molecule has 0 aliphatic heterocycles. The fourth-order valence-corrected chi connectivity index (χ4v) is 4.42. The highest BCUT2D eigenvalue weighted by atomic mass is 32.2. The lowest BCUT2D eigenvalue weighted by atomic mass is 10.1. The molecule has 0 unspecified atom stereocenters. The first kappa shape index (κ1) is 24.8. The number of aromatic hydroxyl groups is 1. The van der Waals surface area contributed by atoms with E-state index in [0.29, 0.717) is 28.4 Å². The van der Waals surface area contributed by atoms with E-state index in [0.717, 1.165) is 5.56 Å². The molecule has 0 bridgehead atoms. The number of ether oxygens (including phenoxy) is 4. The summed E-state index contributed by atoms with van der Waals surface area (Å²) in [5, 5.41) is 10.3. The molecule has 0 radical (unpaired) electrons. The number of benzene rings is 3. The van der Waals surface area contributed by atoms with Crippen LogP contribution in [0.5, 0.6) is 28.7 Å². The van der Waals surface area contributed by atoms with Gasteiger partial charge in [-0.05, 0) is 48.9 Å². The van der Waals surface area contributed by atoms with Crippen LogP contribution in [-0.4, -0.2) is 42.0 Å². The van der Waals surface area contributed by atoms with E-state index in [9.17, 15) is 13.5 Å². The summed E-state index contributed by atoms with van der Waals surface area (Å²) in [5.74, 6) is 1.21. The maximum atomic E-state index is 13.0. The van der Waals surface area contributed by atoms with Crippen molar-refractivity contribution in [2.45, 2.75) is 11.8 Å². The summed E-state index contributed by atoms with van der Waals surface area (Å²) in [6.07, 6.45) is 3.44. The van der Waals surface area contributed by atoms with Crippen LogP contribution in [0.25, 0.3) is 12.2 Å². The summed E-state index contributed by atoms with van der Waals surface area (Å²) >= 11 is 0. The molecule has 0 spiro atoms. The van der Waals surface area contributed by atoms with Gasteiger partial charge in [0.2, 0.25) is 5.75 Å². The fourth-order valence-electron chi connectivity index (χ4n) is 3.33. The number of aryl methyl sites for hydroxylation is 1. The highest BCUT2D eigenvalue weighted by molar-refractivity contribution is 7.92. The Morgan fingerprint density at radius 1 is 0.794 bits per heavy atom. The maximum Gasteiger partial charge on any atom is 0.262 e. The van der Waals surface area contributed by atoms with E-state index >= 15 is 0 Å². The third-order valence-electron chi connectivity index (χ3n) is 5.08. The van der Waals surface area contributed by atoms with Gasteiger partial charge in [-0.3, -0.25) is 4.72 Å². The molecule has 0 saturated heterocycles. The summed E-state index contributed by atoms with van der Waals surface area (Å²) in [5.41, 5.74) is 2.22. The number of nitrogens with one attached hydrogen (secondary N) is 1. The molecule has 9 heteroatoms. The van der Waals surface area contributed by atoms with E-state index in [4.69, 9.17) is 18.9 Å². The van der Waals surface area contributed by atoms with E-state index in [-0.39, 0.29) is 22.1 Å². The van der Waals surface area contributed by atoms with E-state index in [1.54, 1.807) is 42.5 Å². The summed E-state index contributed by atoms with van der Waals surface area (Å²) in [7, 11) is 1.97. The molecule has 0 aromatic heterocycles. The van der Waals surface area contributed by atoms with E-state index in [2.05, 4.69) is 4.72 Å². The topological polar surface area (TPSA) is 103 Å². The number of hydrogen-bond donors (Lipinski definition) is 2. The molecule has 0 heterocycles. The number of methoxy groups -OCH3 is 4. The zero-order chi connectivity index (χ0) is 24.9. The summed E-state index contributed by atoms with van der Waals surface area (Å²) < 4.78 is 50.1. The van der Waals surface area contributed by atoms with Crippen LogP contribution in [0.4, 0.5) is 5.69 Å². The molecule has 34 heavy (non-hydrogen) atoms. The highest BCUT2D eigenvalue weighted by Gasteiger charge is 2.21. The second kappa shape index (κ2) is 10.4. The molecule has 8 nitrogen and oxygen atoms in total. The summed E-state index contributed by atoms with van der Waals surface area (Å²) in [6, 6.07) is 13.0. The Kier molecular flexibility index (Phi) is 7.57. The lowest BCUT2D eigenvalue weighted by molar-refractivity contribution is 0.324. The van der Waals surface area contributed by atoms with Crippen LogP contribution in [0.1, 0.15) is 16.7 Å². The Balaban J connectivity index is 2.07. The number of sulfonamides is 1. The van der Waals surface area contributed by atoms with Crippen LogP contribution in [0.3, 0.4) is 0 Å². The van der Waals surface area contributed by atoms with Gasteiger partial charge in [0.1, 0.15) is 5.69 Å². The van der Waals surface area contributed by atoms with E-state index in [1.807, 2.05) is 6.92 Å². The monoisotopic (exact) mass is 485 g/mol. The Morgan fingerprint density at radius 3 is 1.91 bits per heavy atom. The largest absolute Gasteiger partial charge is 0.504 e. The SMILES string of the molecule is COc1cc(C=Cc2ccc(O)c(OC)c2NS(=O)(=O)c2ccc(C)cc2)cc(OC)c1OC. The minimum atomic E-state index is -3.95. The first-order valence-corrected chi connectivity index (χ1v) is 11.7. The van der Waals surface area contributed by atoms with Crippen molar-refractivity contribution in [3.8, 4) is 28.7 Å². The lowest BCUT2D eigenvalue weighted by Crippen LogP contribution is -2.14. The standard InChI is InChI=1S/C25H27NO7S/c1-16-6-11-19(12-7-16)34(28,29)26-23-18(10-13-20(27)24(23)32-4)9-8-17-14-21(30-2)25(33-5)22(15-17)31-3/h6-15,26-27H,1-5H3. The predicted octanol–water partition coefficient (Wildman–Crippen LogP) is 4.71. The van der Waals surface area contributed by atoms with Crippen molar-refractivity contribution in [2.75, 3.05) is 33.2 Å². The van der Waals surface area contributed by atoms with Crippen molar-refractivity contribution < 1.29 is 32.5 Å². The smallest absolute Gasteiger partial charge is 0.262 e. The molecule has 0 aliphatic rings. The third-order valence-corrected chi connectivity index (χ3v) is 6.45. The van der Waals surface area contributed by atoms with Crippen molar-refractivity contribution in [1.29, 1.82) is 0 Å². The first-order valence-electron chi connectivity index (χ1n) is 10.2. The number of phenolic OH excluding ortho intramolecular Hbond substituents is 1. The molecular weight excluding hydrogens is 458 g/mol. The Labute approximate surface area is 199 Å². The quantitative estimate of drug-likeness (QED) is 0.423. The predicted molar refractivity (Wildman–Crippen MR) is 132 cm³/mol. The van der Waals surface area contributed by atoms with Gasteiger partial charge in [0.25, 0.3) is 10.0 Å². The van der Waals surface area contributed by atoms with Crippen LogP contribution in [0.2, 0.25) is 0 Å². The highest BCUT2D eigenvalue weighted by Crippen LogP contribution is 2.41. The molecular formula is C25H27NO7S. The molecule has 3 aromatic rings. The molecule has 0 amide bonds. The number of anilines is 1. The van der Waals surface area contributed by atoms with Crippen LogP contribution >= 0.6 is 0 Å². The van der Waals surface area contributed by atoms with E-state index in [1.165, 1.54) is 46.6 Å². The average molecular weight is 486 g/mol. The van der Waals surface area contributed by atoms with Crippen LogP contribution in [-0.2, 0) is 10.0 Å². The number of rotatable bonds is 9. The zero-order valence-corrected chi connectivity index (χ0v) is 20.4. The van der Waals surface area contributed by atoms with Gasteiger partial charge >= 0.3 is 0 Å². The molecule has 0 atom stereocenters. The molecule has 3 rings (SSSR count). The van der Waals surface area contributed by atoms with Gasteiger partial charge in [0, 0.05) is 5.56 Å². The summed E-state index contributed by atoms with van der Waals surface area (Å²) in [6.45, 7) is 1.87. The maximum absolute atomic E-state index is 13.0. The van der Waals surface area contributed by atoms with Crippen molar-refractivity contribution >= 4 is 27.9 Å². The van der Waals surface area contributed by atoms with Crippen molar-refractivity contribution in [1.82, 2.24) is 0 Å². The van der Waals surface area contributed by atoms with Crippen LogP contribution in [0.15, 0.2) is 53.4 Å². The van der Waals surface area contributed by atoms with Crippen LogP contribution in [0, 0.1) is 6.92 Å². The molecule has 0 aliphatic carbocycles. The second-order valence-corrected chi connectivity index (χ2v) is 8.98. The van der Waals surface area contributed by atoms with E-state index < -0.39 is 10.0 Å². The average Bonchev–Trinajstić information content (AvgIpc) is 2.83. The second-order valence-electron chi connectivity index (χ2n) is 7.29. The molecule has 0 fully saturated rings. The van der Waals surface area contributed by atoms with Gasteiger partial charge in [-0.25, -0.2) is 8.42 Å². The minimum absolute atomic E-state index is 0.00253. The number of hydrogen-bond acceptors (Lipinski definition) is 7. The van der Waals surface area contributed by atoms with Gasteiger partial charge in [-0.1, -0.05) is 29.8 Å². The van der Waals surface area contributed by atoms with Crippen LogP contribution < -0.4 is 23.7 Å². The Morgan fingerprint density at radius 2 is 1.38 bits per heavy atom. The van der Waals surface area contributed by atoms with Gasteiger partial charge in [0.15, 0.2) is 23.0 Å². The Hall–Kier alpha value is -3.85. The minimum Gasteiger partial charge on any atom is -0.504 e. The van der Waals surface area contributed by atoms with Crippen molar-refractivity contribution in [3.63, 3.8) is 0 Å². The normalized spacial score (nSPS) is 11.3. The van der Waals surface area contributed by atoms with Gasteiger partial charge in [0.05, 0.1) is 33.3 Å². The number of phenols is 1. The van der Waals surface area contributed by atoms with Gasteiger partial charge in [-0.15, -0.1) is 0 Å².